The van der Waals surface area contributed by atoms with Crippen LogP contribution in [-0.4, -0.2) is 22.2 Å². The van der Waals surface area contributed by atoms with Gasteiger partial charge in [-0.2, -0.15) is 0 Å². The maximum atomic E-state index is 9.64. The minimum Gasteiger partial charge on any atom is -0.481 e. The Labute approximate surface area is 173 Å². The number of terminal acetylenes is 2. The minimum absolute atomic E-state index is 0.296. The summed E-state index contributed by atoms with van der Waals surface area (Å²) in [6, 6.07) is 0. The Kier molecular flexibility index (Phi) is 32.8. The van der Waals surface area contributed by atoms with Crippen molar-refractivity contribution in [2.75, 3.05) is 0 Å². The second-order valence-electron chi connectivity index (χ2n) is 6.73. The van der Waals surface area contributed by atoms with Crippen molar-refractivity contribution in [2.24, 2.45) is 0 Å². The number of unbranched alkanes of at least 4 members (excludes halogenated alkanes) is 12. The van der Waals surface area contributed by atoms with Gasteiger partial charge in [0, 0.05) is 12.8 Å². The van der Waals surface area contributed by atoms with Crippen LogP contribution >= 0.6 is 0 Å². The monoisotopic (exact) mass is 394 g/mol. The number of rotatable bonds is 15. The summed E-state index contributed by atoms with van der Waals surface area (Å²) in [5, 5.41) is 15.8. The standard InChI is InChI=1S/2C10H18.C4H6O4/c2*1-3-5-7-9-10-8-6-4-2;5-3(6)1-2-4(7)8/h2*1H,4-10H2,2H3;1-2H2,(H,5,6)(H,7,8). The molecule has 4 nitrogen and oxygen atoms in total. The van der Waals surface area contributed by atoms with E-state index in [0.717, 1.165) is 12.8 Å². The summed E-state index contributed by atoms with van der Waals surface area (Å²) in [6.45, 7) is 4.48. The van der Waals surface area contributed by atoms with Crippen LogP contribution in [0.2, 0.25) is 0 Å². The molecule has 0 fully saturated rings. The van der Waals surface area contributed by atoms with Crippen LogP contribution in [0.5, 0.6) is 0 Å². The van der Waals surface area contributed by atoms with Gasteiger partial charge in [-0.25, -0.2) is 0 Å². The zero-order chi connectivity index (χ0) is 21.9. The minimum atomic E-state index is -1.08. The first-order valence-electron chi connectivity index (χ1n) is 10.8. The van der Waals surface area contributed by atoms with E-state index < -0.39 is 11.9 Å². The third kappa shape index (κ3) is 44.0. The molecule has 0 bridgehead atoms. The lowest BCUT2D eigenvalue weighted by atomic mass is 10.1. The molecule has 0 aliphatic rings. The fraction of sp³-hybridized carbons (Fsp3) is 0.750. The number of carbonyl (C=O) groups is 2. The Morgan fingerprint density at radius 2 is 0.893 bits per heavy atom. The summed E-state index contributed by atoms with van der Waals surface area (Å²) in [4.78, 5) is 19.3. The van der Waals surface area contributed by atoms with Gasteiger partial charge in [0.05, 0.1) is 12.8 Å². The molecule has 0 aromatic carbocycles. The van der Waals surface area contributed by atoms with Gasteiger partial charge in [0.1, 0.15) is 0 Å². The van der Waals surface area contributed by atoms with E-state index in [9.17, 15) is 9.59 Å². The highest BCUT2D eigenvalue weighted by atomic mass is 16.4. The highest BCUT2D eigenvalue weighted by molar-refractivity contribution is 5.75. The number of hydrogen-bond donors (Lipinski definition) is 2. The van der Waals surface area contributed by atoms with Gasteiger partial charge in [0.25, 0.3) is 0 Å². The first-order valence-corrected chi connectivity index (χ1v) is 10.8. The highest BCUT2D eigenvalue weighted by Crippen LogP contribution is 2.06. The summed E-state index contributed by atoms with van der Waals surface area (Å²) >= 11 is 0. The lowest BCUT2D eigenvalue weighted by molar-refractivity contribution is -0.143. The van der Waals surface area contributed by atoms with Gasteiger partial charge in [-0.3, -0.25) is 9.59 Å². The molecule has 28 heavy (non-hydrogen) atoms. The van der Waals surface area contributed by atoms with Gasteiger partial charge >= 0.3 is 11.9 Å². The van der Waals surface area contributed by atoms with Gasteiger partial charge in [0.15, 0.2) is 0 Å². The van der Waals surface area contributed by atoms with E-state index in [-0.39, 0.29) is 12.8 Å². The van der Waals surface area contributed by atoms with Crippen LogP contribution in [0.3, 0.4) is 0 Å². The maximum Gasteiger partial charge on any atom is 0.303 e. The van der Waals surface area contributed by atoms with E-state index in [0.29, 0.717) is 0 Å². The van der Waals surface area contributed by atoms with Crippen molar-refractivity contribution in [3.63, 3.8) is 0 Å². The number of carboxylic acids is 2. The van der Waals surface area contributed by atoms with Crippen LogP contribution in [0.25, 0.3) is 0 Å². The van der Waals surface area contributed by atoms with Crippen LogP contribution in [0, 0.1) is 24.7 Å². The molecule has 0 saturated heterocycles. The smallest absolute Gasteiger partial charge is 0.303 e. The van der Waals surface area contributed by atoms with Crippen LogP contribution in [0.15, 0.2) is 0 Å². The zero-order valence-corrected chi connectivity index (χ0v) is 18.2. The summed E-state index contributed by atoms with van der Waals surface area (Å²) in [7, 11) is 0. The van der Waals surface area contributed by atoms with E-state index in [1.165, 1.54) is 77.0 Å². The second-order valence-corrected chi connectivity index (χ2v) is 6.73. The molecule has 0 atom stereocenters. The molecule has 0 spiro atoms. The summed E-state index contributed by atoms with van der Waals surface area (Å²) < 4.78 is 0. The average Bonchev–Trinajstić information content (AvgIpc) is 2.67. The predicted octanol–water partition coefficient (Wildman–Crippen LogP) is 6.68. The van der Waals surface area contributed by atoms with E-state index in [1.54, 1.807) is 0 Å². The molecule has 0 aromatic heterocycles. The second kappa shape index (κ2) is 29.8. The molecular formula is C24H42O4. The Morgan fingerprint density at radius 3 is 1.14 bits per heavy atom. The van der Waals surface area contributed by atoms with E-state index in [4.69, 9.17) is 23.1 Å². The van der Waals surface area contributed by atoms with Crippen LogP contribution in [0.1, 0.15) is 117 Å². The van der Waals surface area contributed by atoms with E-state index in [1.807, 2.05) is 0 Å². The van der Waals surface area contributed by atoms with Crippen molar-refractivity contribution in [1.82, 2.24) is 0 Å². The van der Waals surface area contributed by atoms with Gasteiger partial charge in [-0.05, 0) is 12.8 Å². The Hall–Kier alpha value is -1.94. The molecular weight excluding hydrogens is 352 g/mol. The lowest BCUT2D eigenvalue weighted by Gasteiger charge is -1.95. The third-order valence-electron chi connectivity index (χ3n) is 3.90. The molecule has 0 saturated carbocycles. The molecule has 0 heterocycles. The highest BCUT2D eigenvalue weighted by Gasteiger charge is 2.00. The molecule has 0 amide bonds. The van der Waals surface area contributed by atoms with Crippen molar-refractivity contribution < 1.29 is 19.8 Å². The molecule has 0 radical (unpaired) electrons. The Balaban J connectivity index is -0.000000337. The van der Waals surface area contributed by atoms with Crippen molar-refractivity contribution >= 4 is 11.9 Å². The third-order valence-corrected chi connectivity index (χ3v) is 3.90. The largest absolute Gasteiger partial charge is 0.481 e. The van der Waals surface area contributed by atoms with Crippen molar-refractivity contribution in [2.45, 2.75) is 117 Å². The molecule has 162 valence electrons. The molecule has 0 unspecified atom stereocenters. The first-order chi connectivity index (χ1) is 13.5. The Bertz CT molecular complexity index is 375. The van der Waals surface area contributed by atoms with Crippen LogP contribution in [0.4, 0.5) is 0 Å². The summed E-state index contributed by atoms with van der Waals surface area (Å²) in [6.07, 6.45) is 27.6. The molecule has 4 heteroatoms. The molecule has 2 N–H and O–H groups in total. The predicted molar refractivity (Wildman–Crippen MR) is 118 cm³/mol. The molecule has 0 aliphatic carbocycles. The van der Waals surface area contributed by atoms with E-state index in [2.05, 4.69) is 25.7 Å². The zero-order valence-electron chi connectivity index (χ0n) is 18.2. The van der Waals surface area contributed by atoms with Crippen LogP contribution in [-0.2, 0) is 9.59 Å². The fourth-order valence-electron chi connectivity index (χ4n) is 2.23. The number of aliphatic carboxylic acids is 2. The average molecular weight is 395 g/mol. The van der Waals surface area contributed by atoms with Gasteiger partial charge in [0.2, 0.25) is 0 Å². The number of hydrogen-bond acceptors (Lipinski definition) is 2. The molecule has 0 rings (SSSR count). The quantitative estimate of drug-likeness (QED) is 0.240. The van der Waals surface area contributed by atoms with Crippen LogP contribution < -0.4 is 0 Å². The molecule has 0 aromatic rings. The van der Waals surface area contributed by atoms with Gasteiger partial charge < -0.3 is 10.2 Å². The van der Waals surface area contributed by atoms with Gasteiger partial charge in [-0.1, -0.05) is 78.1 Å². The summed E-state index contributed by atoms with van der Waals surface area (Å²) in [5.74, 6) is 3.16. The normalized spacial score (nSPS) is 9.00. The lowest BCUT2D eigenvalue weighted by Crippen LogP contribution is -2.00. The topological polar surface area (TPSA) is 74.6 Å². The van der Waals surface area contributed by atoms with Gasteiger partial charge in [-0.15, -0.1) is 24.7 Å². The molecule has 0 aliphatic heterocycles. The van der Waals surface area contributed by atoms with Crippen molar-refractivity contribution in [3.05, 3.63) is 0 Å². The summed E-state index contributed by atoms with van der Waals surface area (Å²) in [5.41, 5.74) is 0. The Morgan fingerprint density at radius 1 is 0.607 bits per heavy atom. The SMILES string of the molecule is C#CCCCCCCCC.C#CCCCCCCCC.O=C(O)CCC(=O)O. The van der Waals surface area contributed by atoms with E-state index >= 15 is 0 Å². The van der Waals surface area contributed by atoms with Crippen molar-refractivity contribution in [3.8, 4) is 24.7 Å². The fourth-order valence-corrected chi connectivity index (χ4v) is 2.23. The van der Waals surface area contributed by atoms with Crippen molar-refractivity contribution in [1.29, 1.82) is 0 Å². The first kappa shape index (κ1) is 30.8. The maximum absolute atomic E-state index is 9.64. The number of carboxylic acid groups (broad SMARTS) is 2.